The number of hydrogen-bond donors (Lipinski definition) is 1. The highest BCUT2D eigenvalue weighted by Gasteiger charge is 2.15. The number of hydrogen-bond acceptors (Lipinski definition) is 6. The maximum Gasteiger partial charge on any atom is 0.313 e. The summed E-state index contributed by atoms with van der Waals surface area (Å²) in [4.78, 5) is 16.5. The van der Waals surface area contributed by atoms with Crippen molar-refractivity contribution in [3.8, 4) is 11.5 Å². The van der Waals surface area contributed by atoms with E-state index < -0.39 is 5.97 Å². The average Bonchev–Trinajstić information content (AvgIpc) is 3.09. The first-order chi connectivity index (χ1) is 13.5. The highest BCUT2D eigenvalue weighted by Crippen LogP contribution is 2.39. The van der Waals surface area contributed by atoms with Crippen molar-refractivity contribution in [1.29, 1.82) is 0 Å². The summed E-state index contributed by atoms with van der Waals surface area (Å²) in [7, 11) is 1.54. The van der Waals surface area contributed by atoms with Gasteiger partial charge < -0.3 is 14.6 Å². The summed E-state index contributed by atoms with van der Waals surface area (Å²) in [6, 6.07) is 11.4. The van der Waals surface area contributed by atoms with Crippen LogP contribution < -0.4 is 9.47 Å². The van der Waals surface area contributed by atoms with E-state index in [0.717, 1.165) is 25.7 Å². The van der Waals surface area contributed by atoms with Crippen LogP contribution >= 0.6 is 34.7 Å². The molecule has 3 rings (SSSR count). The van der Waals surface area contributed by atoms with Crippen molar-refractivity contribution in [3.05, 3.63) is 52.0 Å². The van der Waals surface area contributed by atoms with E-state index >= 15 is 0 Å². The maximum atomic E-state index is 11.1. The third-order valence-electron chi connectivity index (χ3n) is 3.69. The van der Waals surface area contributed by atoms with E-state index in [4.69, 9.17) is 26.2 Å². The molecule has 0 saturated carbocycles. The molecule has 0 saturated heterocycles. The molecule has 0 atom stereocenters. The quantitative estimate of drug-likeness (QED) is 0.491. The average molecular weight is 436 g/mol. The molecule has 1 aromatic heterocycles. The Morgan fingerprint density at radius 1 is 1.36 bits per heavy atom. The zero-order valence-electron chi connectivity index (χ0n) is 15.3. The number of methoxy groups -OCH3 is 1. The van der Waals surface area contributed by atoms with Crippen LogP contribution in [0.1, 0.15) is 17.5 Å². The van der Waals surface area contributed by atoms with Crippen molar-refractivity contribution < 1.29 is 19.4 Å². The molecule has 0 aliphatic rings. The highest BCUT2D eigenvalue weighted by molar-refractivity contribution is 8.09. The molecule has 0 spiro atoms. The van der Waals surface area contributed by atoms with Gasteiger partial charge in [0.25, 0.3) is 0 Å². The summed E-state index contributed by atoms with van der Waals surface area (Å²) >= 11 is 9.09. The fourth-order valence-corrected chi connectivity index (χ4v) is 4.71. The Bertz CT molecular complexity index is 999. The van der Waals surface area contributed by atoms with Crippen molar-refractivity contribution in [1.82, 2.24) is 4.98 Å². The summed E-state index contributed by atoms with van der Waals surface area (Å²) in [5, 5.41) is 10.3. The number of thioether (sulfide) groups is 1. The molecule has 0 aliphatic heterocycles. The second-order valence-corrected chi connectivity index (χ2v) is 8.10. The number of thiazole rings is 1. The van der Waals surface area contributed by atoms with Crippen LogP contribution in [0.5, 0.6) is 11.5 Å². The largest absolute Gasteiger partial charge is 0.491 e. The number of rotatable bonds is 8. The molecule has 0 aliphatic carbocycles. The van der Waals surface area contributed by atoms with Crippen LogP contribution in [0.2, 0.25) is 5.02 Å². The van der Waals surface area contributed by atoms with E-state index in [1.54, 1.807) is 6.07 Å². The number of aliphatic carboxylic acids is 1. The molecule has 0 unspecified atom stereocenters. The van der Waals surface area contributed by atoms with Gasteiger partial charge in [-0.15, -0.1) is 23.1 Å². The van der Waals surface area contributed by atoms with Crippen LogP contribution in [0.4, 0.5) is 0 Å². The van der Waals surface area contributed by atoms with E-state index in [2.05, 4.69) is 4.98 Å². The normalized spacial score (nSPS) is 11.6. The van der Waals surface area contributed by atoms with Gasteiger partial charge in [-0.05, 0) is 42.8 Å². The van der Waals surface area contributed by atoms with Gasteiger partial charge in [0.2, 0.25) is 0 Å². The summed E-state index contributed by atoms with van der Waals surface area (Å²) in [6.07, 6.45) is 1.87. The number of para-hydroxylation sites is 1. The number of carbonyl (C=O) groups is 1. The molecule has 5 nitrogen and oxygen atoms in total. The minimum absolute atomic E-state index is 0.0655. The van der Waals surface area contributed by atoms with Gasteiger partial charge in [0.15, 0.2) is 11.5 Å². The molecule has 0 bridgehead atoms. The fraction of sp³-hybridized carbons (Fsp3) is 0.200. The Kier molecular flexibility index (Phi) is 6.83. The minimum Gasteiger partial charge on any atom is -0.491 e. The summed E-state index contributed by atoms with van der Waals surface area (Å²) in [5.74, 6) is 0.0556. The Hall–Kier alpha value is -2.22. The predicted octanol–water partition coefficient (Wildman–Crippen LogP) is 5.67. The van der Waals surface area contributed by atoms with Crippen molar-refractivity contribution in [2.75, 3.05) is 19.5 Å². The van der Waals surface area contributed by atoms with Gasteiger partial charge in [-0.3, -0.25) is 4.79 Å². The number of fused-ring (bicyclic) bond motifs is 1. The number of carboxylic acid groups (broad SMARTS) is 1. The van der Waals surface area contributed by atoms with Crippen LogP contribution in [-0.4, -0.2) is 35.5 Å². The lowest BCUT2D eigenvalue weighted by molar-refractivity contribution is -0.133. The molecule has 2 aromatic carbocycles. The van der Waals surface area contributed by atoms with E-state index in [1.165, 1.54) is 30.2 Å². The molecule has 1 heterocycles. The molecule has 0 amide bonds. The lowest BCUT2D eigenvalue weighted by Gasteiger charge is -2.12. The van der Waals surface area contributed by atoms with Gasteiger partial charge in [-0.1, -0.05) is 23.7 Å². The van der Waals surface area contributed by atoms with Gasteiger partial charge in [-0.25, -0.2) is 4.98 Å². The highest BCUT2D eigenvalue weighted by atomic mass is 35.5. The monoisotopic (exact) mass is 435 g/mol. The minimum atomic E-state index is -0.889. The van der Waals surface area contributed by atoms with Crippen LogP contribution in [0.3, 0.4) is 0 Å². The zero-order valence-corrected chi connectivity index (χ0v) is 17.7. The van der Waals surface area contributed by atoms with Gasteiger partial charge >= 0.3 is 5.97 Å². The number of carboxylic acids is 1. The number of benzene rings is 2. The number of ether oxygens (including phenoxy) is 2. The molecule has 146 valence electrons. The lowest BCUT2D eigenvalue weighted by atomic mass is 10.2. The maximum absolute atomic E-state index is 11.1. The molecule has 1 N–H and O–H groups in total. The lowest BCUT2D eigenvalue weighted by Crippen LogP contribution is -1.98. The molecule has 28 heavy (non-hydrogen) atoms. The van der Waals surface area contributed by atoms with Crippen LogP contribution in [0.15, 0.2) is 36.4 Å². The fourth-order valence-electron chi connectivity index (χ4n) is 2.57. The zero-order chi connectivity index (χ0) is 20.1. The number of nitrogens with zero attached hydrogens (tertiary/aromatic N) is 1. The van der Waals surface area contributed by atoms with Gasteiger partial charge in [0.1, 0.15) is 5.01 Å². The van der Waals surface area contributed by atoms with Gasteiger partial charge in [0, 0.05) is 4.91 Å². The first kappa shape index (κ1) is 20.5. The Morgan fingerprint density at radius 2 is 2.14 bits per heavy atom. The van der Waals surface area contributed by atoms with Crippen molar-refractivity contribution in [2.24, 2.45) is 0 Å². The smallest absolute Gasteiger partial charge is 0.313 e. The van der Waals surface area contributed by atoms with Crippen LogP contribution in [0.25, 0.3) is 21.2 Å². The predicted molar refractivity (Wildman–Crippen MR) is 117 cm³/mol. The van der Waals surface area contributed by atoms with E-state index in [9.17, 15) is 4.79 Å². The number of aromatic nitrogens is 1. The molecule has 3 aromatic rings. The van der Waals surface area contributed by atoms with Crippen molar-refractivity contribution in [3.63, 3.8) is 0 Å². The molecular weight excluding hydrogens is 418 g/mol. The second kappa shape index (κ2) is 9.32. The Balaban J connectivity index is 2.06. The van der Waals surface area contributed by atoms with Crippen molar-refractivity contribution in [2.45, 2.75) is 6.92 Å². The van der Waals surface area contributed by atoms with Gasteiger partial charge in [-0.2, -0.15) is 0 Å². The Labute approximate surface area is 176 Å². The van der Waals surface area contributed by atoms with Gasteiger partial charge in [0.05, 0.1) is 34.7 Å². The van der Waals surface area contributed by atoms with E-state index in [-0.39, 0.29) is 5.75 Å². The summed E-state index contributed by atoms with van der Waals surface area (Å²) in [5.41, 5.74) is 1.66. The molecular formula is C20H18ClNO4S2. The molecule has 8 heteroatoms. The number of halogens is 1. The van der Waals surface area contributed by atoms with Crippen LogP contribution in [-0.2, 0) is 4.79 Å². The third-order valence-corrected chi connectivity index (χ3v) is 6.18. The summed E-state index contributed by atoms with van der Waals surface area (Å²) in [6.45, 7) is 2.35. The topological polar surface area (TPSA) is 68.7 Å². The molecule has 0 fully saturated rings. The summed E-state index contributed by atoms with van der Waals surface area (Å²) < 4.78 is 12.0. The first-order valence-corrected chi connectivity index (χ1v) is 10.6. The van der Waals surface area contributed by atoms with E-state index in [1.807, 2.05) is 43.3 Å². The van der Waals surface area contributed by atoms with Crippen molar-refractivity contribution >= 4 is 61.9 Å². The van der Waals surface area contributed by atoms with E-state index in [0.29, 0.717) is 23.1 Å². The second-order valence-electron chi connectivity index (χ2n) is 5.64. The van der Waals surface area contributed by atoms with Crippen LogP contribution in [0, 0.1) is 0 Å². The third kappa shape index (κ3) is 4.79. The first-order valence-electron chi connectivity index (χ1n) is 8.44. The Morgan fingerprint density at radius 3 is 2.82 bits per heavy atom. The molecule has 0 radical (unpaired) electrons. The SMILES string of the molecule is CCOc1cc(/C=C(\SCC(=O)O)c2nc3ccccc3s2)cc(Cl)c1OC. The standard InChI is InChI=1S/C20H18ClNO4S2/c1-3-26-15-9-12(8-13(21)19(15)25-2)10-17(27-11-18(23)24)20-22-14-6-4-5-7-16(14)28-20/h4-10H,3,11H2,1-2H3,(H,23,24)/b17-10-.